The van der Waals surface area contributed by atoms with Gasteiger partial charge in [-0.15, -0.1) is 0 Å². The molecule has 0 aliphatic heterocycles. The summed E-state index contributed by atoms with van der Waals surface area (Å²) in [4.78, 5) is 0. The molecule has 0 unspecified atom stereocenters. The predicted octanol–water partition coefficient (Wildman–Crippen LogP) is 2.95. The van der Waals surface area contributed by atoms with E-state index in [-0.39, 0.29) is 0 Å². The molecule has 3 heteroatoms. The smallest absolute Gasteiger partial charge is 0.128 e. The molecule has 0 aliphatic rings. The van der Waals surface area contributed by atoms with E-state index in [1.54, 1.807) is 7.11 Å². The van der Waals surface area contributed by atoms with E-state index in [9.17, 15) is 0 Å². The van der Waals surface area contributed by atoms with Gasteiger partial charge in [-0.2, -0.15) is 0 Å². The second-order valence-corrected chi connectivity index (χ2v) is 3.59. The number of hydrogen-bond acceptors (Lipinski definition) is 3. The number of rotatable bonds is 4. The summed E-state index contributed by atoms with van der Waals surface area (Å²) < 4.78 is 10.9. The molecule has 0 saturated carbocycles. The van der Waals surface area contributed by atoms with E-state index in [1.807, 2.05) is 48.5 Å². The number of methoxy groups -OCH3 is 1. The predicted molar refractivity (Wildman–Crippen MR) is 67.4 cm³/mol. The van der Waals surface area contributed by atoms with E-state index in [2.05, 4.69) is 0 Å². The molecule has 0 atom stereocenters. The molecule has 0 bridgehead atoms. The van der Waals surface area contributed by atoms with Crippen molar-refractivity contribution < 1.29 is 9.47 Å². The fourth-order valence-electron chi connectivity index (χ4n) is 1.60. The van der Waals surface area contributed by atoms with Crippen molar-refractivity contribution in [1.82, 2.24) is 0 Å². The van der Waals surface area contributed by atoms with Gasteiger partial charge in [0.25, 0.3) is 0 Å². The van der Waals surface area contributed by atoms with Crippen LogP contribution in [0.4, 0.5) is 0 Å². The molecule has 0 aliphatic carbocycles. The molecule has 0 fully saturated rings. The Balaban J connectivity index is 2.22. The van der Waals surface area contributed by atoms with Crippen LogP contribution in [-0.4, -0.2) is 7.11 Å². The van der Waals surface area contributed by atoms with Crippen molar-refractivity contribution in [2.45, 2.75) is 6.54 Å². The van der Waals surface area contributed by atoms with Crippen LogP contribution in [0.3, 0.4) is 0 Å². The van der Waals surface area contributed by atoms with Gasteiger partial charge in [-0.3, -0.25) is 0 Å². The first-order chi connectivity index (χ1) is 8.33. The first kappa shape index (κ1) is 11.5. The lowest BCUT2D eigenvalue weighted by molar-refractivity contribution is 0.407. The normalized spacial score (nSPS) is 10.0. The Morgan fingerprint density at radius 2 is 1.76 bits per heavy atom. The van der Waals surface area contributed by atoms with Gasteiger partial charge in [0, 0.05) is 12.1 Å². The molecule has 0 radical (unpaired) electrons. The number of hydrogen-bond donors (Lipinski definition) is 1. The van der Waals surface area contributed by atoms with Crippen molar-refractivity contribution >= 4 is 0 Å². The van der Waals surface area contributed by atoms with Crippen LogP contribution in [0.1, 0.15) is 5.56 Å². The molecule has 0 spiro atoms. The van der Waals surface area contributed by atoms with Gasteiger partial charge >= 0.3 is 0 Å². The van der Waals surface area contributed by atoms with E-state index >= 15 is 0 Å². The molecule has 0 heterocycles. The second-order valence-electron chi connectivity index (χ2n) is 3.59. The third-order valence-corrected chi connectivity index (χ3v) is 2.45. The molecular weight excluding hydrogens is 214 g/mol. The van der Waals surface area contributed by atoms with Gasteiger partial charge in [-0.05, 0) is 30.3 Å². The fraction of sp³-hybridized carbons (Fsp3) is 0.143. The lowest BCUT2D eigenvalue weighted by Crippen LogP contribution is -2.00. The zero-order valence-electron chi connectivity index (χ0n) is 9.72. The minimum absolute atomic E-state index is 0.426. The van der Waals surface area contributed by atoms with E-state index in [4.69, 9.17) is 15.2 Å². The average molecular weight is 229 g/mol. The van der Waals surface area contributed by atoms with Crippen LogP contribution in [0.2, 0.25) is 0 Å². The van der Waals surface area contributed by atoms with Gasteiger partial charge in [-0.25, -0.2) is 0 Å². The summed E-state index contributed by atoms with van der Waals surface area (Å²) in [6, 6.07) is 15.3. The number of ether oxygens (including phenoxy) is 2. The van der Waals surface area contributed by atoms with Crippen LogP contribution in [0, 0.1) is 0 Å². The second kappa shape index (κ2) is 5.37. The lowest BCUT2D eigenvalue weighted by Gasteiger charge is -2.10. The molecular formula is C14H15NO2. The molecule has 2 aromatic rings. The monoisotopic (exact) mass is 229 g/mol. The summed E-state index contributed by atoms with van der Waals surface area (Å²) in [6.45, 7) is 0.426. The minimum atomic E-state index is 0.426. The zero-order valence-corrected chi connectivity index (χ0v) is 9.72. The van der Waals surface area contributed by atoms with E-state index in [0.29, 0.717) is 6.54 Å². The third-order valence-electron chi connectivity index (χ3n) is 2.45. The first-order valence-corrected chi connectivity index (χ1v) is 5.43. The van der Waals surface area contributed by atoms with E-state index in [1.165, 1.54) is 0 Å². The highest BCUT2D eigenvalue weighted by Gasteiger charge is 2.04. The van der Waals surface area contributed by atoms with Crippen molar-refractivity contribution in [1.29, 1.82) is 0 Å². The van der Waals surface area contributed by atoms with Crippen molar-refractivity contribution in [2.75, 3.05) is 7.11 Å². The quantitative estimate of drug-likeness (QED) is 0.876. The zero-order chi connectivity index (χ0) is 12.1. The summed E-state index contributed by atoms with van der Waals surface area (Å²) in [5.41, 5.74) is 6.58. The summed E-state index contributed by atoms with van der Waals surface area (Å²) in [7, 11) is 1.63. The van der Waals surface area contributed by atoms with Gasteiger partial charge in [0.15, 0.2) is 0 Å². The van der Waals surface area contributed by atoms with Crippen molar-refractivity contribution in [3.05, 3.63) is 54.1 Å². The van der Waals surface area contributed by atoms with Crippen LogP contribution in [0.5, 0.6) is 17.2 Å². The Labute approximate surface area is 101 Å². The van der Waals surface area contributed by atoms with Crippen LogP contribution >= 0.6 is 0 Å². The Morgan fingerprint density at radius 1 is 1.00 bits per heavy atom. The number of nitrogens with two attached hydrogens (primary N) is 1. The fourth-order valence-corrected chi connectivity index (χ4v) is 1.60. The summed E-state index contributed by atoms with van der Waals surface area (Å²) in [5, 5.41) is 0. The Bertz CT molecular complexity index is 483. The Hall–Kier alpha value is -2.00. The molecule has 0 aromatic heterocycles. The standard InChI is InChI=1S/C14H15NO2/c1-16-14-8-7-13(9-11(14)10-15)17-12-5-3-2-4-6-12/h2-9H,10,15H2,1H3. The largest absolute Gasteiger partial charge is 0.496 e. The highest BCUT2D eigenvalue weighted by molar-refractivity contribution is 5.42. The third kappa shape index (κ3) is 2.77. The summed E-state index contributed by atoms with van der Waals surface area (Å²) >= 11 is 0. The maximum Gasteiger partial charge on any atom is 0.128 e. The highest BCUT2D eigenvalue weighted by Crippen LogP contribution is 2.27. The van der Waals surface area contributed by atoms with Crippen LogP contribution in [0.15, 0.2) is 48.5 Å². The van der Waals surface area contributed by atoms with Crippen molar-refractivity contribution in [2.24, 2.45) is 5.73 Å². The average Bonchev–Trinajstić information content (AvgIpc) is 2.40. The number of para-hydroxylation sites is 1. The maximum absolute atomic E-state index is 5.71. The SMILES string of the molecule is COc1ccc(Oc2ccccc2)cc1CN. The molecule has 0 saturated heterocycles. The van der Waals surface area contributed by atoms with Gasteiger partial charge < -0.3 is 15.2 Å². The summed E-state index contributed by atoms with van der Waals surface area (Å²) in [5.74, 6) is 2.35. The van der Waals surface area contributed by atoms with Crippen molar-refractivity contribution in [3.8, 4) is 17.2 Å². The first-order valence-electron chi connectivity index (χ1n) is 5.43. The lowest BCUT2D eigenvalue weighted by atomic mass is 10.2. The van der Waals surface area contributed by atoms with E-state index in [0.717, 1.165) is 22.8 Å². The van der Waals surface area contributed by atoms with Gasteiger partial charge in [0.05, 0.1) is 7.11 Å². The minimum Gasteiger partial charge on any atom is -0.496 e. The molecule has 88 valence electrons. The molecule has 3 nitrogen and oxygen atoms in total. The maximum atomic E-state index is 5.71. The summed E-state index contributed by atoms with van der Waals surface area (Å²) in [6.07, 6.45) is 0. The van der Waals surface area contributed by atoms with Crippen molar-refractivity contribution in [3.63, 3.8) is 0 Å². The molecule has 0 amide bonds. The van der Waals surface area contributed by atoms with Crippen LogP contribution in [-0.2, 0) is 6.54 Å². The van der Waals surface area contributed by atoms with Crippen LogP contribution in [0.25, 0.3) is 0 Å². The molecule has 2 N–H and O–H groups in total. The topological polar surface area (TPSA) is 44.5 Å². The molecule has 17 heavy (non-hydrogen) atoms. The van der Waals surface area contributed by atoms with Gasteiger partial charge in [0.2, 0.25) is 0 Å². The van der Waals surface area contributed by atoms with Gasteiger partial charge in [0.1, 0.15) is 17.2 Å². The van der Waals surface area contributed by atoms with Gasteiger partial charge in [-0.1, -0.05) is 18.2 Å². The Kier molecular flexibility index (Phi) is 3.62. The van der Waals surface area contributed by atoms with Crippen LogP contribution < -0.4 is 15.2 Å². The Morgan fingerprint density at radius 3 is 2.41 bits per heavy atom. The molecule has 2 rings (SSSR count). The highest BCUT2D eigenvalue weighted by atomic mass is 16.5. The molecule has 2 aromatic carbocycles. The number of benzene rings is 2. The van der Waals surface area contributed by atoms with E-state index < -0.39 is 0 Å².